The molecule has 0 aromatic heterocycles. The third kappa shape index (κ3) is 2.29. The SMILES string of the molecule is CC1(C)OB(c2ccccc2)OC1(C)CCC#N. The first kappa shape index (κ1) is 13.1. The van der Waals surface area contributed by atoms with Crippen molar-refractivity contribution in [3.05, 3.63) is 30.3 Å². The summed E-state index contributed by atoms with van der Waals surface area (Å²) < 4.78 is 12.1. The Bertz CT molecular complexity index is 455. The van der Waals surface area contributed by atoms with Gasteiger partial charge >= 0.3 is 7.12 Å². The normalized spacial score (nSPS) is 26.0. The summed E-state index contributed by atoms with van der Waals surface area (Å²) in [6, 6.07) is 12.1. The molecule has 1 unspecified atom stereocenters. The molecule has 3 nitrogen and oxygen atoms in total. The largest absolute Gasteiger partial charge is 0.494 e. The van der Waals surface area contributed by atoms with Crippen LogP contribution >= 0.6 is 0 Å². The summed E-state index contributed by atoms with van der Waals surface area (Å²) in [4.78, 5) is 0. The van der Waals surface area contributed by atoms with Gasteiger partial charge in [-0.15, -0.1) is 0 Å². The number of benzene rings is 1. The monoisotopic (exact) mass is 243 g/mol. The third-order valence-corrected chi connectivity index (χ3v) is 3.83. The maximum atomic E-state index is 8.75. The topological polar surface area (TPSA) is 42.2 Å². The minimum atomic E-state index is -0.427. The summed E-state index contributed by atoms with van der Waals surface area (Å²) in [5.41, 5.74) is 0.194. The Labute approximate surface area is 109 Å². The van der Waals surface area contributed by atoms with Crippen molar-refractivity contribution in [2.45, 2.75) is 44.8 Å². The Morgan fingerprint density at radius 2 is 1.83 bits per heavy atom. The fourth-order valence-corrected chi connectivity index (χ4v) is 2.20. The van der Waals surface area contributed by atoms with Crippen LogP contribution in [0.5, 0.6) is 0 Å². The second-order valence-electron chi connectivity index (χ2n) is 5.38. The van der Waals surface area contributed by atoms with E-state index in [1.54, 1.807) is 0 Å². The summed E-state index contributed by atoms with van der Waals surface area (Å²) in [5.74, 6) is 0. The van der Waals surface area contributed by atoms with Crippen LogP contribution in [-0.2, 0) is 9.31 Å². The van der Waals surface area contributed by atoms with Crippen LogP contribution in [0.2, 0.25) is 0 Å². The van der Waals surface area contributed by atoms with Gasteiger partial charge in [-0.3, -0.25) is 0 Å². The maximum absolute atomic E-state index is 8.75. The van der Waals surface area contributed by atoms with Gasteiger partial charge in [0.25, 0.3) is 0 Å². The first-order valence-electron chi connectivity index (χ1n) is 6.26. The van der Waals surface area contributed by atoms with E-state index in [0.717, 1.165) is 5.46 Å². The zero-order chi connectivity index (χ0) is 13.2. The molecule has 1 fully saturated rings. The van der Waals surface area contributed by atoms with Crippen molar-refractivity contribution in [1.82, 2.24) is 0 Å². The van der Waals surface area contributed by atoms with Gasteiger partial charge in [0.2, 0.25) is 0 Å². The fraction of sp³-hybridized carbons (Fsp3) is 0.500. The predicted molar refractivity (Wildman–Crippen MR) is 71.3 cm³/mol. The van der Waals surface area contributed by atoms with Gasteiger partial charge in [-0.25, -0.2) is 0 Å². The Kier molecular flexibility index (Phi) is 3.47. The van der Waals surface area contributed by atoms with Gasteiger partial charge in [-0.2, -0.15) is 5.26 Å². The molecule has 1 aromatic rings. The van der Waals surface area contributed by atoms with Crippen LogP contribution in [0.15, 0.2) is 30.3 Å². The summed E-state index contributed by atoms with van der Waals surface area (Å²) in [6.45, 7) is 6.06. The molecule has 1 aliphatic heterocycles. The van der Waals surface area contributed by atoms with E-state index in [4.69, 9.17) is 14.6 Å². The molecule has 94 valence electrons. The Balaban J connectivity index is 2.19. The zero-order valence-corrected chi connectivity index (χ0v) is 11.1. The smallest absolute Gasteiger partial charge is 0.399 e. The third-order valence-electron chi connectivity index (χ3n) is 3.83. The highest BCUT2D eigenvalue weighted by Crippen LogP contribution is 2.40. The standard InChI is InChI=1S/C14H18BNO2/c1-13(2)14(3,10-7-11-16)18-15(17-13)12-8-5-4-6-9-12/h4-6,8-9H,7,10H2,1-3H3. The van der Waals surface area contributed by atoms with E-state index in [9.17, 15) is 0 Å². The quantitative estimate of drug-likeness (QED) is 0.764. The van der Waals surface area contributed by atoms with Crippen LogP contribution in [0.4, 0.5) is 0 Å². The lowest BCUT2D eigenvalue weighted by Crippen LogP contribution is -2.44. The Morgan fingerprint density at radius 3 is 2.44 bits per heavy atom. The molecular weight excluding hydrogens is 225 g/mol. The van der Waals surface area contributed by atoms with Crippen molar-refractivity contribution in [2.75, 3.05) is 0 Å². The molecule has 0 radical (unpaired) electrons. The van der Waals surface area contributed by atoms with E-state index in [-0.39, 0.29) is 7.12 Å². The van der Waals surface area contributed by atoms with Gasteiger partial charge < -0.3 is 9.31 Å². The Morgan fingerprint density at radius 1 is 1.17 bits per heavy atom. The maximum Gasteiger partial charge on any atom is 0.494 e. The van der Waals surface area contributed by atoms with Gasteiger partial charge in [0.1, 0.15) is 0 Å². The highest BCUT2D eigenvalue weighted by molar-refractivity contribution is 6.62. The van der Waals surface area contributed by atoms with Crippen LogP contribution in [0.1, 0.15) is 33.6 Å². The average molecular weight is 243 g/mol. The minimum Gasteiger partial charge on any atom is -0.399 e. The number of nitrogens with zero attached hydrogens (tertiary/aromatic N) is 1. The molecule has 1 aromatic carbocycles. The lowest BCUT2D eigenvalue weighted by atomic mass is 9.79. The molecule has 4 heteroatoms. The number of rotatable bonds is 3. The molecular formula is C14H18BNO2. The highest BCUT2D eigenvalue weighted by atomic mass is 16.7. The number of hydrogen-bond acceptors (Lipinski definition) is 3. The van der Waals surface area contributed by atoms with E-state index in [1.807, 2.05) is 51.1 Å². The summed E-state index contributed by atoms with van der Waals surface area (Å²) in [7, 11) is -0.343. The van der Waals surface area contributed by atoms with Crippen LogP contribution in [-0.4, -0.2) is 18.3 Å². The molecule has 0 amide bonds. The minimum absolute atomic E-state index is 0.343. The van der Waals surface area contributed by atoms with Gasteiger partial charge in [-0.05, 0) is 32.7 Å². The van der Waals surface area contributed by atoms with Gasteiger partial charge in [-0.1, -0.05) is 30.3 Å². The van der Waals surface area contributed by atoms with E-state index in [2.05, 4.69) is 6.07 Å². The van der Waals surface area contributed by atoms with Gasteiger partial charge in [0, 0.05) is 6.42 Å². The van der Waals surface area contributed by atoms with Crippen molar-refractivity contribution in [1.29, 1.82) is 5.26 Å². The molecule has 0 aliphatic carbocycles. The predicted octanol–water partition coefficient (Wildman–Crippen LogP) is 2.27. The van der Waals surface area contributed by atoms with Crippen molar-refractivity contribution in [3.8, 4) is 6.07 Å². The van der Waals surface area contributed by atoms with Gasteiger partial charge in [0.05, 0.1) is 17.3 Å². The average Bonchev–Trinajstić information content (AvgIpc) is 2.59. The molecule has 18 heavy (non-hydrogen) atoms. The van der Waals surface area contributed by atoms with Crippen molar-refractivity contribution >= 4 is 12.6 Å². The molecule has 0 spiro atoms. The summed E-state index contributed by atoms with van der Waals surface area (Å²) >= 11 is 0. The molecule has 1 atom stereocenters. The molecule has 0 saturated carbocycles. The molecule has 0 bridgehead atoms. The van der Waals surface area contributed by atoms with E-state index in [1.165, 1.54) is 0 Å². The molecule has 0 N–H and O–H groups in total. The van der Waals surface area contributed by atoms with E-state index in [0.29, 0.717) is 12.8 Å². The van der Waals surface area contributed by atoms with Crippen molar-refractivity contribution in [3.63, 3.8) is 0 Å². The lowest BCUT2D eigenvalue weighted by molar-refractivity contribution is -0.0144. The van der Waals surface area contributed by atoms with Crippen LogP contribution in [0.3, 0.4) is 0 Å². The number of hydrogen-bond donors (Lipinski definition) is 0. The summed E-state index contributed by atoms with van der Waals surface area (Å²) in [6.07, 6.45) is 1.16. The molecule has 1 aliphatic rings. The van der Waals surface area contributed by atoms with Crippen LogP contribution in [0, 0.1) is 11.3 Å². The van der Waals surface area contributed by atoms with Crippen LogP contribution < -0.4 is 5.46 Å². The highest BCUT2D eigenvalue weighted by Gasteiger charge is 2.54. The van der Waals surface area contributed by atoms with Gasteiger partial charge in [0.15, 0.2) is 0 Å². The van der Waals surface area contributed by atoms with Crippen molar-refractivity contribution in [2.24, 2.45) is 0 Å². The Hall–Kier alpha value is -1.31. The number of nitriles is 1. The molecule has 1 saturated heterocycles. The fourth-order valence-electron chi connectivity index (χ4n) is 2.20. The summed E-state index contributed by atoms with van der Waals surface area (Å²) in [5, 5.41) is 8.75. The van der Waals surface area contributed by atoms with E-state index >= 15 is 0 Å². The van der Waals surface area contributed by atoms with Crippen LogP contribution in [0.25, 0.3) is 0 Å². The first-order chi connectivity index (χ1) is 8.48. The lowest BCUT2D eigenvalue weighted by Gasteiger charge is -2.35. The molecule has 2 rings (SSSR count). The first-order valence-corrected chi connectivity index (χ1v) is 6.26. The zero-order valence-electron chi connectivity index (χ0n) is 11.1. The second-order valence-corrected chi connectivity index (χ2v) is 5.38. The molecule has 1 heterocycles. The second kappa shape index (κ2) is 4.76. The van der Waals surface area contributed by atoms with Crippen molar-refractivity contribution < 1.29 is 9.31 Å². The van der Waals surface area contributed by atoms with E-state index < -0.39 is 11.2 Å².